The Bertz CT molecular complexity index is 1290. The summed E-state index contributed by atoms with van der Waals surface area (Å²) in [5.74, 6) is 0.0768. The van der Waals surface area contributed by atoms with Crippen molar-refractivity contribution in [2.75, 3.05) is 31.1 Å². The van der Waals surface area contributed by atoms with E-state index in [9.17, 15) is 9.59 Å². The fourth-order valence-electron chi connectivity index (χ4n) is 3.77. The van der Waals surface area contributed by atoms with Crippen LogP contribution in [0.1, 0.15) is 17.3 Å². The molecule has 0 atom stereocenters. The van der Waals surface area contributed by atoms with Gasteiger partial charge in [-0.1, -0.05) is 30.3 Å². The van der Waals surface area contributed by atoms with Gasteiger partial charge in [0, 0.05) is 36.6 Å². The molecule has 0 radical (unpaired) electrons. The van der Waals surface area contributed by atoms with E-state index >= 15 is 0 Å². The molecule has 0 aliphatic carbocycles. The van der Waals surface area contributed by atoms with Crippen molar-refractivity contribution in [2.24, 2.45) is 0 Å². The molecule has 0 unspecified atom stereocenters. The molecule has 2 aromatic carbocycles. The smallest absolute Gasteiger partial charge is 0.257 e. The lowest BCUT2D eigenvalue weighted by molar-refractivity contribution is -0.128. The summed E-state index contributed by atoms with van der Waals surface area (Å²) in [4.78, 5) is 37.8. The molecule has 4 rings (SSSR count). The molecule has 0 spiro atoms. The van der Waals surface area contributed by atoms with E-state index in [-0.39, 0.29) is 12.5 Å². The Labute approximate surface area is 202 Å². The van der Waals surface area contributed by atoms with Crippen LogP contribution in [0.15, 0.2) is 67.0 Å². The van der Waals surface area contributed by atoms with E-state index in [0.29, 0.717) is 18.7 Å². The Balaban J connectivity index is 1.47. The molecule has 10 nitrogen and oxygen atoms in total. The lowest BCUT2D eigenvalue weighted by Gasteiger charge is -2.22. The topological polar surface area (TPSA) is 135 Å². The van der Waals surface area contributed by atoms with Crippen LogP contribution >= 0.6 is 0 Å². The van der Waals surface area contributed by atoms with Crippen molar-refractivity contribution in [3.05, 3.63) is 72.6 Å². The standard InChI is InChI=1S/C25H27N7O3/c1-2-32(19-6-4-3-5-7-19)24-20-14-21(30-23(20)28-16-29-24)17-8-10-18(11-9-17)25(34)27-13-12-26-15-22(33)31-35/h3-11,14,16,26,35H,2,12-13,15H2,1H3,(H,27,34)(H,31,33)(H,28,29,30). The van der Waals surface area contributed by atoms with Crippen LogP contribution in [0.2, 0.25) is 0 Å². The minimum atomic E-state index is -0.538. The zero-order valence-electron chi connectivity index (χ0n) is 19.3. The zero-order valence-corrected chi connectivity index (χ0v) is 19.3. The number of aromatic amines is 1. The number of benzene rings is 2. The van der Waals surface area contributed by atoms with Crippen molar-refractivity contribution >= 4 is 34.4 Å². The zero-order chi connectivity index (χ0) is 24.6. The summed E-state index contributed by atoms with van der Waals surface area (Å²) in [5, 5.41) is 15.0. The fourth-order valence-corrected chi connectivity index (χ4v) is 3.77. The van der Waals surface area contributed by atoms with Crippen molar-refractivity contribution < 1.29 is 14.8 Å². The normalized spacial score (nSPS) is 10.8. The molecule has 0 saturated carbocycles. The van der Waals surface area contributed by atoms with E-state index in [1.165, 1.54) is 5.48 Å². The van der Waals surface area contributed by atoms with Crippen LogP contribution in [0, 0.1) is 0 Å². The Morgan fingerprint density at radius 2 is 1.80 bits per heavy atom. The first-order valence-corrected chi connectivity index (χ1v) is 11.3. The number of hydrogen-bond acceptors (Lipinski definition) is 7. The molecule has 2 aromatic heterocycles. The average molecular weight is 474 g/mol. The number of carbonyl (C=O) groups is 2. The number of amides is 2. The van der Waals surface area contributed by atoms with Crippen molar-refractivity contribution in [1.29, 1.82) is 0 Å². The van der Waals surface area contributed by atoms with E-state index in [4.69, 9.17) is 5.21 Å². The summed E-state index contributed by atoms with van der Waals surface area (Å²) < 4.78 is 0. The second-order valence-electron chi connectivity index (χ2n) is 7.77. The van der Waals surface area contributed by atoms with Crippen molar-refractivity contribution in [3.8, 4) is 11.3 Å². The van der Waals surface area contributed by atoms with Gasteiger partial charge in [0.05, 0.1) is 11.9 Å². The number of para-hydroxylation sites is 1. The molecule has 0 aliphatic rings. The van der Waals surface area contributed by atoms with Crippen LogP contribution < -0.4 is 21.0 Å². The quantitative estimate of drug-likeness (QED) is 0.136. The molecule has 4 aromatic rings. The monoisotopic (exact) mass is 473 g/mol. The van der Waals surface area contributed by atoms with Crippen LogP contribution in [0.5, 0.6) is 0 Å². The van der Waals surface area contributed by atoms with E-state index in [0.717, 1.165) is 40.3 Å². The molecular weight excluding hydrogens is 446 g/mol. The van der Waals surface area contributed by atoms with Crippen LogP contribution in [0.3, 0.4) is 0 Å². The molecule has 0 aliphatic heterocycles. The first-order valence-electron chi connectivity index (χ1n) is 11.3. The lowest BCUT2D eigenvalue weighted by Crippen LogP contribution is -2.37. The van der Waals surface area contributed by atoms with Gasteiger partial charge in [0.2, 0.25) is 0 Å². The van der Waals surface area contributed by atoms with Gasteiger partial charge in [-0.2, -0.15) is 0 Å². The van der Waals surface area contributed by atoms with Gasteiger partial charge in [-0.15, -0.1) is 0 Å². The number of anilines is 2. The van der Waals surface area contributed by atoms with Crippen LogP contribution in [0.4, 0.5) is 11.5 Å². The number of aromatic nitrogens is 3. The summed E-state index contributed by atoms with van der Waals surface area (Å²) in [7, 11) is 0. The first-order chi connectivity index (χ1) is 17.1. The molecule has 10 heteroatoms. The third kappa shape index (κ3) is 5.62. The van der Waals surface area contributed by atoms with Gasteiger partial charge in [0.25, 0.3) is 11.8 Å². The molecule has 2 heterocycles. The molecular formula is C25H27N7O3. The summed E-state index contributed by atoms with van der Waals surface area (Å²) in [6.07, 6.45) is 1.56. The van der Waals surface area contributed by atoms with Gasteiger partial charge in [-0.05, 0) is 42.8 Å². The van der Waals surface area contributed by atoms with Gasteiger partial charge in [0.1, 0.15) is 17.8 Å². The molecule has 0 bridgehead atoms. The van der Waals surface area contributed by atoms with E-state index in [1.807, 2.05) is 36.4 Å². The van der Waals surface area contributed by atoms with Crippen molar-refractivity contribution in [1.82, 2.24) is 31.1 Å². The minimum Gasteiger partial charge on any atom is -0.351 e. The lowest BCUT2D eigenvalue weighted by atomic mass is 10.1. The first kappa shape index (κ1) is 23.9. The molecule has 180 valence electrons. The van der Waals surface area contributed by atoms with Gasteiger partial charge >= 0.3 is 0 Å². The summed E-state index contributed by atoms with van der Waals surface area (Å²) in [5.41, 5.74) is 5.66. The number of rotatable bonds is 10. The fraction of sp³-hybridized carbons (Fsp3) is 0.200. The van der Waals surface area contributed by atoms with Crippen LogP contribution in [-0.4, -0.2) is 58.2 Å². The van der Waals surface area contributed by atoms with Crippen LogP contribution in [0.25, 0.3) is 22.3 Å². The molecule has 5 N–H and O–H groups in total. The molecule has 35 heavy (non-hydrogen) atoms. The van der Waals surface area contributed by atoms with Gasteiger partial charge in [-0.3, -0.25) is 14.8 Å². The Hall–Kier alpha value is -4.28. The Morgan fingerprint density at radius 1 is 1.03 bits per heavy atom. The molecule has 0 fully saturated rings. The highest BCUT2D eigenvalue weighted by Crippen LogP contribution is 2.32. The highest BCUT2D eigenvalue weighted by Gasteiger charge is 2.16. The van der Waals surface area contributed by atoms with Gasteiger partial charge in [0.15, 0.2) is 0 Å². The number of fused-ring (bicyclic) bond motifs is 1. The summed E-state index contributed by atoms with van der Waals surface area (Å²) in [6.45, 7) is 3.55. The number of hydrogen-bond donors (Lipinski definition) is 5. The Kier molecular flexibility index (Phi) is 7.66. The predicted molar refractivity (Wildman–Crippen MR) is 134 cm³/mol. The van der Waals surface area contributed by atoms with E-state index in [1.54, 1.807) is 18.5 Å². The highest BCUT2D eigenvalue weighted by molar-refractivity contribution is 5.96. The third-order valence-electron chi connectivity index (χ3n) is 5.50. The Morgan fingerprint density at radius 3 is 2.51 bits per heavy atom. The number of H-pyrrole nitrogens is 1. The molecule has 0 saturated heterocycles. The second kappa shape index (κ2) is 11.2. The van der Waals surface area contributed by atoms with Crippen molar-refractivity contribution in [2.45, 2.75) is 6.92 Å². The SMILES string of the molecule is CCN(c1ccccc1)c1ncnc2[nH]c(-c3ccc(C(=O)NCCNCC(=O)NO)cc3)cc12. The average Bonchev–Trinajstić information content (AvgIpc) is 3.34. The number of nitrogens with one attached hydrogen (secondary N) is 4. The maximum absolute atomic E-state index is 12.4. The van der Waals surface area contributed by atoms with E-state index in [2.05, 4.69) is 49.5 Å². The van der Waals surface area contributed by atoms with E-state index < -0.39 is 5.91 Å². The third-order valence-corrected chi connectivity index (χ3v) is 5.50. The van der Waals surface area contributed by atoms with Gasteiger partial charge in [-0.25, -0.2) is 15.4 Å². The minimum absolute atomic E-state index is 0.0287. The number of hydroxylamine groups is 1. The maximum atomic E-state index is 12.4. The predicted octanol–water partition coefficient (Wildman–Crippen LogP) is 2.61. The summed E-state index contributed by atoms with van der Waals surface area (Å²) in [6, 6.07) is 19.4. The molecule has 2 amide bonds. The van der Waals surface area contributed by atoms with Gasteiger partial charge < -0.3 is 20.5 Å². The maximum Gasteiger partial charge on any atom is 0.257 e. The largest absolute Gasteiger partial charge is 0.351 e. The number of carbonyl (C=O) groups excluding carboxylic acids is 2. The second-order valence-corrected chi connectivity index (χ2v) is 7.77. The van der Waals surface area contributed by atoms with Crippen molar-refractivity contribution in [3.63, 3.8) is 0 Å². The highest BCUT2D eigenvalue weighted by atomic mass is 16.5. The summed E-state index contributed by atoms with van der Waals surface area (Å²) >= 11 is 0. The number of nitrogens with zero attached hydrogens (tertiary/aromatic N) is 3. The van der Waals surface area contributed by atoms with Crippen LogP contribution in [-0.2, 0) is 4.79 Å².